The number of amides is 1. The highest BCUT2D eigenvalue weighted by Gasteiger charge is 2.27. The van der Waals surface area contributed by atoms with E-state index < -0.39 is 5.91 Å². The molecule has 3 heteroatoms. The van der Waals surface area contributed by atoms with Gasteiger partial charge in [0.25, 0.3) is 5.91 Å². The van der Waals surface area contributed by atoms with Crippen molar-refractivity contribution in [2.75, 3.05) is 0 Å². The molecule has 1 aliphatic rings. The maximum atomic E-state index is 12.3. The number of carbonyl (C=O) groups excluding carboxylic acids is 1. The molecule has 2 aromatic carbocycles. The topological polar surface area (TPSA) is 53.2 Å². The first kappa shape index (κ1) is 21.7. The first-order chi connectivity index (χ1) is 14.2. The van der Waals surface area contributed by atoms with E-state index in [-0.39, 0.29) is 11.0 Å². The quantitative estimate of drug-likeness (QED) is 0.342. The lowest BCUT2D eigenvalue weighted by molar-refractivity contribution is -0.113. The summed E-state index contributed by atoms with van der Waals surface area (Å²) in [5, 5.41) is 9.71. The van der Waals surface area contributed by atoms with Crippen LogP contribution in [0.2, 0.25) is 0 Å². The Morgan fingerprint density at radius 3 is 2.50 bits per heavy atom. The lowest BCUT2D eigenvalue weighted by Gasteiger charge is -2.20. The highest BCUT2D eigenvalue weighted by Crippen LogP contribution is 2.41. The lowest BCUT2D eigenvalue weighted by Crippen LogP contribution is -2.09. The van der Waals surface area contributed by atoms with Gasteiger partial charge in [-0.2, -0.15) is 5.26 Å². The molecule has 0 heterocycles. The van der Waals surface area contributed by atoms with E-state index in [1.165, 1.54) is 16.7 Å². The zero-order chi connectivity index (χ0) is 21.9. The molecule has 1 aliphatic carbocycles. The molecule has 0 saturated carbocycles. The third kappa shape index (κ3) is 4.94. The average molecular weight is 399 g/mol. The van der Waals surface area contributed by atoms with Crippen molar-refractivity contribution in [3.63, 3.8) is 0 Å². The van der Waals surface area contributed by atoms with Crippen molar-refractivity contribution in [1.82, 2.24) is 0 Å². The maximum Gasteiger partial charge on any atom is 0.287 e. The number of nitriles is 1. The zero-order valence-corrected chi connectivity index (χ0v) is 18.5. The third-order valence-electron chi connectivity index (χ3n) is 5.77. The minimum absolute atomic E-state index is 0.103. The van der Waals surface area contributed by atoms with Crippen LogP contribution in [-0.4, -0.2) is 12.6 Å². The molecule has 30 heavy (non-hydrogen) atoms. The molecule has 1 atom stereocenters. The summed E-state index contributed by atoms with van der Waals surface area (Å²) in [6, 6.07) is 16.9. The van der Waals surface area contributed by atoms with Gasteiger partial charge in [0, 0.05) is 0 Å². The molecule has 0 aromatic heterocycles. The van der Waals surface area contributed by atoms with Gasteiger partial charge in [0.15, 0.2) is 0 Å². The molecule has 0 fully saturated rings. The second-order valence-electron chi connectivity index (χ2n) is 9.50. The van der Waals surface area contributed by atoms with Crippen molar-refractivity contribution in [2.24, 2.45) is 10.4 Å². The van der Waals surface area contributed by atoms with Crippen LogP contribution in [0.1, 0.15) is 67.3 Å². The molecule has 0 bridgehead atoms. The molecule has 0 radical (unpaired) electrons. The standard InChI is InChI=1S/C27H30N2O/c1-18-6-9-20(10-7-18)24(25(17-28)26(30)29-5)15-22-12-11-21-14-19(8-13-23(21)22)16-27(2,3)4/h6-10,13-14,22H,5,11-12,15-16H2,1-4H3/b25-24+/t22-/m1/s1. The van der Waals surface area contributed by atoms with E-state index in [0.29, 0.717) is 12.3 Å². The van der Waals surface area contributed by atoms with Crippen molar-refractivity contribution < 1.29 is 4.79 Å². The van der Waals surface area contributed by atoms with E-state index in [1.807, 2.05) is 31.2 Å². The Hall–Kier alpha value is -2.99. The summed E-state index contributed by atoms with van der Waals surface area (Å²) >= 11 is 0. The number of hydrogen-bond acceptors (Lipinski definition) is 2. The van der Waals surface area contributed by atoms with Crippen LogP contribution >= 0.6 is 0 Å². The second-order valence-corrected chi connectivity index (χ2v) is 9.50. The number of fused-ring (bicyclic) bond motifs is 1. The fourth-order valence-corrected chi connectivity index (χ4v) is 4.38. The van der Waals surface area contributed by atoms with Crippen LogP contribution in [0.3, 0.4) is 0 Å². The Balaban J connectivity index is 1.97. The number of nitrogens with zero attached hydrogens (tertiary/aromatic N) is 2. The van der Waals surface area contributed by atoms with E-state index in [1.54, 1.807) is 0 Å². The molecule has 1 amide bonds. The first-order valence-electron chi connectivity index (χ1n) is 10.5. The van der Waals surface area contributed by atoms with Crippen molar-refractivity contribution in [3.8, 4) is 6.07 Å². The third-order valence-corrected chi connectivity index (χ3v) is 5.77. The molecule has 0 N–H and O–H groups in total. The fourth-order valence-electron chi connectivity index (χ4n) is 4.38. The van der Waals surface area contributed by atoms with Crippen molar-refractivity contribution in [1.29, 1.82) is 5.26 Å². The number of hydrogen-bond donors (Lipinski definition) is 0. The number of rotatable bonds is 5. The Labute approximate surface area is 180 Å². The molecular weight excluding hydrogens is 368 g/mol. The molecule has 0 unspecified atom stereocenters. The lowest BCUT2D eigenvalue weighted by atomic mass is 9.85. The molecule has 2 aromatic rings. The van der Waals surface area contributed by atoms with Gasteiger partial charge in [0.2, 0.25) is 0 Å². The minimum atomic E-state index is -0.549. The summed E-state index contributed by atoms with van der Waals surface area (Å²) in [7, 11) is 0. The van der Waals surface area contributed by atoms with Crippen LogP contribution in [0.25, 0.3) is 5.57 Å². The molecular formula is C27H30N2O. The van der Waals surface area contributed by atoms with Gasteiger partial charge in [-0.15, -0.1) is 0 Å². The van der Waals surface area contributed by atoms with Gasteiger partial charge >= 0.3 is 0 Å². The largest absolute Gasteiger partial charge is 0.287 e. The molecule has 0 saturated heterocycles. The fraction of sp³-hybridized carbons (Fsp3) is 0.370. The van der Waals surface area contributed by atoms with Gasteiger partial charge in [0.1, 0.15) is 11.6 Å². The maximum absolute atomic E-state index is 12.3. The van der Waals surface area contributed by atoms with Gasteiger partial charge < -0.3 is 0 Å². The predicted molar refractivity (Wildman–Crippen MR) is 124 cm³/mol. The van der Waals surface area contributed by atoms with E-state index in [4.69, 9.17) is 0 Å². The van der Waals surface area contributed by atoms with Crippen LogP contribution in [0.4, 0.5) is 0 Å². The Morgan fingerprint density at radius 2 is 1.90 bits per heavy atom. The molecule has 0 spiro atoms. The van der Waals surface area contributed by atoms with Gasteiger partial charge in [-0.05, 0) is 78.5 Å². The number of aliphatic imine (C=N–C) groups is 1. The van der Waals surface area contributed by atoms with E-state index in [2.05, 4.69) is 56.7 Å². The van der Waals surface area contributed by atoms with Gasteiger partial charge in [-0.1, -0.05) is 68.8 Å². The van der Waals surface area contributed by atoms with Gasteiger partial charge in [0.05, 0.1) is 0 Å². The van der Waals surface area contributed by atoms with Crippen molar-refractivity contribution in [2.45, 2.75) is 59.3 Å². The number of carbonyl (C=O) groups is 1. The van der Waals surface area contributed by atoms with E-state index in [0.717, 1.165) is 36.0 Å². The highest BCUT2D eigenvalue weighted by atomic mass is 16.1. The summed E-state index contributed by atoms with van der Waals surface area (Å²) in [5.74, 6) is -0.257. The second kappa shape index (κ2) is 8.79. The first-order valence-corrected chi connectivity index (χ1v) is 10.5. The van der Waals surface area contributed by atoms with Gasteiger partial charge in [-0.3, -0.25) is 4.79 Å². The van der Waals surface area contributed by atoms with Crippen LogP contribution in [-0.2, 0) is 17.6 Å². The summed E-state index contributed by atoms with van der Waals surface area (Å²) in [6.45, 7) is 12.1. The summed E-state index contributed by atoms with van der Waals surface area (Å²) < 4.78 is 0. The molecule has 154 valence electrons. The van der Waals surface area contributed by atoms with Crippen molar-refractivity contribution in [3.05, 3.63) is 75.9 Å². The Kier molecular flexibility index (Phi) is 6.37. The minimum Gasteiger partial charge on any atom is -0.266 e. The Morgan fingerprint density at radius 1 is 1.20 bits per heavy atom. The number of allylic oxidation sites excluding steroid dienone is 1. The van der Waals surface area contributed by atoms with Crippen LogP contribution in [0.15, 0.2) is 53.0 Å². The highest BCUT2D eigenvalue weighted by molar-refractivity contribution is 6.06. The van der Waals surface area contributed by atoms with E-state index >= 15 is 0 Å². The summed E-state index contributed by atoms with van der Waals surface area (Å²) in [6.07, 6.45) is 3.77. The van der Waals surface area contributed by atoms with Crippen molar-refractivity contribution >= 4 is 18.2 Å². The SMILES string of the molecule is C=NC(=O)/C(C#N)=C(\C[C@H]1CCc2cc(CC(C)(C)C)ccc21)c1ccc(C)cc1. The van der Waals surface area contributed by atoms with E-state index in [9.17, 15) is 10.1 Å². The molecule has 0 aliphatic heterocycles. The zero-order valence-electron chi connectivity index (χ0n) is 18.5. The van der Waals surface area contributed by atoms with Crippen LogP contribution in [0.5, 0.6) is 0 Å². The van der Waals surface area contributed by atoms with Crippen LogP contribution in [0, 0.1) is 23.7 Å². The molecule has 3 rings (SSSR count). The van der Waals surface area contributed by atoms with Crippen LogP contribution < -0.4 is 0 Å². The average Bonchev–Trinajstić information content (AvgIpc) is 3.09. The smallest absolute Gasteiger partial charge is 0.266 e. The number of aryl methyl sites for hydroxylation is 2. The predicted octanol–water partition coefficient (Wildman–Crippen LogP) is 6.21. The normalized spacial score (nSPS) is 16.4. The van der Waals surface area contributed by atoms with Gasteiger partial charge in [-0.25, -0.2) is 4.99 Å². The monoisotopic (exact) mass is 398 g/mol. The summed E-state index contributed by atoms with van der Waals surface area (Å²) in [4.78, 5) is 15.8. The molecule has 3 nitrogen and oxygen atoms in total. The summed E-state index contributed by atoms with van der Waals surface area (Å²) in [5.41, 5.74) is 7.30. The number of benzene rings is 2. The Bertz CT molecular complexity index is 1030.